The van der Waals surface area contributed by atoms with E-state index in [0.29, 0.717) is 5.56 Å². The topological polar surface area (TPSA) is 66.4 Å². The van der Waals surface area contributed by atoms with Crippen LogP contribution in [-0.2, 0) is 23.2 Å². The van der Waals surface area contributed by atoms with Gasteiger partial charge in [0.1, 0.15) is 10.7 Å². The van der Waals surface area contributed by atoms with Crippen LogP contribution in [0.4, 0.5) is 4.39 Å². The van der Waals surface area contributed by atoms with Crippen molar-refractivity contribution in [1.29, 1.82) is 0 Å². The largest absolute Gasteiger partial charge is 0.392 e. The third-order valence-corrected chi connectivity index (χ3v) is 5.92. The van der Waals surface area contributed by atoms with E-state index in [1.54, 1.807) is 6.07 Å². The maximum Gasteiger partial charge on any atom is 0.243 e. The fraction of sp³-hybridized carbons (Fsp3) is 0.167. The van der Waals surface area contributed by atoms with E-state index in [-0.39, 0.29) is 13.2 Å². The SMILES string of the molecule is O=S(=O)(NCc1sccc1Br)c1cc(CO)ccc1F. The molecule has 0 unspecified atom stereocenters. The van der Waals surface area contributed by atoms with E-state index in [2.05, 4.69) is 20.7 Å². The van der Waals surface area contributed by atoms with Gasteiger partial charge in [-0.2, -0.15) is 0 Å². The van der Waals surface area contributed by atoms with Gasteiger partial charge in [-0.15, -0.1) is 11.3 Å². The first-order valence-corrected chi connectivity index (χ1v) is 8.70. The Morgan fingerprint density at radius 1 is 1.35 bits per heavy atom. The summed E-state index contributed by atoms with van der Waals surface area (Å²) in [4.78, 5) is 0.337. The van der Waals surface area contributed by atoms with E-state index in [1.807, 2.05) is 5.38 Å². The van der Waals surface area contributed by atoms with Crippen molar-refractivity contribution in [2.45, 2.75) is 18.0 Å². The Morgan fingerprint density at radius 2 is 2.10 bits per heavy atom. The first-order chi connectivity index (χ1) is 9.44. The summed E-state index contributed by atoms with van der Waals surface area (Å²) in [6.45, 7) is -0.275. The quantitative estimate of drug-likeness (QED) is 0.838. The number of thiophene rings is 1. The van der Waals surface area contributed by atoms with Crippen molar-refractivity contribution >= 4 is 37.3 Å². The molecule has 0 amide bonds. The van der Waals surface area contributed by atoms with Gasteiger partial charge in [0.25, 0.3) is 0 Å². The van der Waals surface area contributed by atoms with Crippen LogP contribution in [0, 0.1) is 5.82 Å². The molecule has 0 aliphatic heterocycles. The zero-order valence-corrected chi connectivity index (χ0v) is 13.4. The van der Waals surface area contributed by atoms with E-state index in [1.165, 1.54) is 17.4 Å². The van der Waals surface area contributed by atoms with Crippen LogP contribution in [0.25, 0.3) is 0 Å². The number of nitrogens with one attached hydrogen (secondary N) is 1. The number of rotatable bonds is 5. The normalized spacial score (nSPS) is 11.8. The lowest BCUT2D eigenvalue weighted by Gasteiger charge is -2.08. The molecule has 108 valence electrons. The number of halogens is 2. The van der Waals surface area contributed by atoms with Crippen LogP contribution < -0.4 is 4.72 Å². The molecule has 0 saturated heterocycles. The molecule has 2 aromatic rings. The van der Waals surface area contributed by atoms with E-state index >= 15 is 0 Å². The third kappa shape index (κ3) is 3.44. The Balaban J connectivity index is 2.24. The fourth-order valence-corrected chi connectivity index (χ4v) is 4.19. The van der Waals surface area contributed by atoms with Gasteiger partial charge >= 0.3 is 0 Å². The molecular weight excluding hydrogens is 369 g/mol. The molecule has 0 aliphatic rings. The maximum atomic E-state index is 13.6. The second kappa shape index (κ2) is 6.31. The van der Waals surface area contributed by atoms with E-state index in [0.717, 1.165) is 21.5 Å². The highest BCUT2D eigenvalue weighted by Crippen LogP contribution is 2.23. The van der Waals surface area contributed by atoms with Crippen molar-refractivity contribution in [3.63, 3.8) is 0 Å². The van der Waals surface area contributed by atoms with Gasteiger partial charge in [-0.1, -0.05) is 6.07 Å². The summed E-state index contributed by atoms with van der Waals surface area (Å²) in [5, 5.41) is 10.8. The van der Waals surface area contributed by atoms with Gasteiger partial charge in [0.15, 0.2) is 0 Å². The standard InChI is InChI=1S/C12H11BrFNO3S2/c13-9-3-4-19-11(9)6-15-20(17,18)12-5-8(7-16)1-2-10(12)14/h1-5,15-16H,6-7H2. The zero-order chi connectivity index (χ0) is 14.8. The van der Waals surface area contributed by atoms with Crippen LogP contribution in [0.1, 0.15) is 10.4 Å². The Hall–Kier alpha value is -0.800. The molecule has 0 atom stereocenters. The second-order valence-corrected chi connectivity index (χ2v) is 7.53. The van der Waals surface area contributed by atoms with E-state index in [4.69, 9.17) is 5.11 Å². The fourth-order valence-electron chi connectivity index (χ4n) is 1.54. The van der Waals surface area contributed by atoms with E-state index in [9.17, 15) is 12.8 Å². The molecule has 0 saturated carbocycles. The summed E-state index contributed by atoms with van der Waals surface area (Å²) >= 11 is 4.69. The van der Waals surface area contributed by atoms with Gasteiger partial charge in [-0.05, 0) is 45.1 Å². The number of hydrogen-bond donors (Lipinski definition) is 2. The number of benzene rings is 1. The van der Waals surface area contributed by atoms with Crippen molar-refractivity contribution in [1.82, 2.24) is 4.72 Å². The number of aliphatic hydroxyl groups excluding tert-OH is 1. The maximum absolute atomic E-state index is 13.6. The molecule has 1 aromatic heterocycles. The summed E-state index contributed by atoms with van der Waals surface area (Å²) in [7, 11) is -3.97. The van der Waals surface area contributed by atoms with Gasteiger partial charge in [0.05, 0.1) is 6.61 Å². The Labute approximate surface area is 128 Å². The molecule has 4 nitrogen and oxygen atoms in total. The average molecular weight is 380 g/mol. The first-order valence-electron chi connectivity index (χ1n) is 5.55. The molecule has 0 spiro atoms. The van der Waals surface area contributed by atoms with Crippen molar-refractivity contribution < 1.29 is 17.9 Å². The van der Waals surface area contributed by atoms with Gasteiger partial charge in [-0.25, -0.2) is 17.5 Å². The minimum atomic E-state index is -3.97. The smallest absolute Gasteiger partial charge is 0.243 e. The minimum absolute atomic E-state index is 0.0728. The molecule has 1 heterocycles. The lowest BCUT2D eigenvalue weighted by molar-refractivity contribution is 0.281. The lowest BCUT2D eigenvalue weighted by atomic mass is 10.2. The van der Waals surface area contributed by atoms with Gasteiger partial charge in [-0.3, -0.25) is 0 Å². The van der Waals surface area contributed by atoms with Crippen molar-refractivity contribution in [2.24, 2.45) is 0 Å². The average Bonchev–Trinajstić information content (AvgIpc) is 2.82. The second-order valence-electron chi connectivity index (χ2n) is 3.94. The molecule has 0 fully saturated rings. The Morgan fingerprint density at radius 3 is 2.70 bits per heavy atom. The highest BCUT2D eigenvalue weighted by molar-refractivity contribution is 9.10. The predicted molar refractivity (Wildman–Crippen MR) is 78.4 cm³/mol. The van der Waals surface area contributed by atoms with E-state index < -0.39 is 20.7 Å². The van der Waals surface area contributed by atoms with Crippen molar-refractivity contribution in [3.05, 3.63) is 50.4 Å². The summed E-state index contributed by atoms with van der Waals surface area (Å²) in [6, 6.07) is 5.30. The molecule has 2 N–H and O–H groups in total. The highest BCUT2D eigenvalue weighted by atomic mass is 79.9. The first kappa shape index (κ1) is 15.6. The van der Waals surface area contributed by atoms with Crippen LogP contribution >= 0.6 is 27.3 Å². The van der Waals surface area contributed by atoms with Crippen LogP contribution in [0.2, 0.25) is 0 Å². The number of hydrogen-bond acceptors (Lipinski definition) is 4. The van der Waals surface area contributed by atoms with Crippen LogP contribution in [-0.4, -0.2) is 13.5 Å². The molecule has 0 bridgehead atoms. The monoisotopic (exact) mass is 379 g/mol. The van der Waals surface area contributed by atoms with Crippen LogP contribution in [0.5, 0.6) is 0 Å². The summed E-state index contributed by atoms with van der Waals surface area (Å²) in [5.41, 5.74) is 0.337. The number of sulfonamides is 1. The Bertz CT molecular complexity index is 715. The third-order valence-electron chi connectivity index (χ3n) is 2.58. The highest BCUT2D eigenvalue weighted by Gasteiger charge is 2.20. The molecule has 2 rings (SSSR count). The molecule has 20 heavy (non-hydrogen) atoms. The predicted octanol–water partition coefficient (Wildman–Crippen LogP) is 2.62. The zero-order valence-electron chi connectivity index (χ0n) is 10.1. The summed E-state index contributed by atoms with van der Waals surface area (Å²) in [5.74, 6) is -0.847. The van der Waals surface area contributed by atoms with Gasteiger partial charge < -0.3 is 5.11 Å². The summed E-state index contributed by atoms with van der Waals surface area (Å²) in [6.07, 6.45) is 0. The molecule has 8 heteroatoms. The minimum Gasteiger partial charge on any atom is -0.392 e. The lowest BCUT2D eigenvalue weighted by Crippen LogP contribution is -2.24. The van der Waals surface area contributed by atoms with Crippen molar-refractivity contribution in [2.75, 3.05) is 0 Å². The van der Waals surface area contributed by atoms with Gasteiger partial charge in [0.2, 0.25) is 10.0 Å². The van der Waals surface area contributed by atoms with Gasteiger partial charge in [0, 0.05) is 15.9 Å². The Kier molecular flexibility index (Phi) is 4.92. The summed E-state index contributed by atoms with van der Waals surface area (Å²) < 4.78 is 41.0. The number of aliphatic hydroxyl groups is 1. The van der Waals surface area contributed by atoms with Crippen LogP contribution in [0.3, 0.4) is 0 Å². The molecule has 0 radical (unpaired) electrons. The molecular formula is C12H11BrFNO3S2. The van der Waals surface area contributed by atoms with Crippen molar-refractivity contribution in [3.8, 4) is 0 Å². The molecule has 1 aromatic carbocycles. The molecule has 0 aliphatic carbocycles. The van der Waals surface area contributed by atoms with Crippen LogP contribution in [0.15, 0.2) is 39.0 Å².